The summed E-state index contributed by atoms with van der Waals surface area (Å²) in [6, 6.07) is 8.96. The van der Waals surface area contributed by atoms with E-state index >= 15 is 0 Å². The average Bonchev–Trinajstić information content (AvgIpc) is 3.02. The lowest BCUT2D eigenvalue weighted by Crippen LogP contribution is -2.18. The van der Waals surface area contributed by atoms with E-state index in [1.807, 2.05) is 0 Å². The molecule has 2 aromatic rings. The van der Waals surface area contributed by atoms with E-state index in [9.17, 15) is 0 Å². The maximum Gasteiger partial charge on any atom is 0.0402 e. The number of pyridine rings is 1. The monoisotopic (exact) mass is 309 g/mol. The summed E-state index contributed by atoms with van der Waals surface area (Å²) in [5.41, 5.74) is 8.77. The van der Waals surface area contributed by atoms with Crippen molar-refractivity contribution in [2.45, 2.75) is 47.1 Å². The van der Waals surface area contributed by atoms with E-state index in [1.165, 1.54) is 54.0 Å². The molecule has 0 bridgehead atoms. The highest BCUT2D eigenvalue weighted by Crippen LogP contribution is 2.29. The van der Waals surface area contributed by atoms with E-state index in [1.54, 1.807) is 0 Å². The van der Waals surface area contributed by atoms with Gasteiger partial charge in [0, 0.05) is 42.4 Å². The van der Waals surface area contributed by atoms with Crippen LogP contribution in [-0.4, -0.2) is 18.1 Å². The molecule has 3 rings (SSSR count). The summed E-state index contributed by atoms with van der Waals surface area (Å²) in [5, 5.41) is 3.63. The van der Waals surface area contributed by atoms with Crippen LogP contribution in [0.5, 0.6) is 0 Å². The summed E-state index contributed by atoms with van der Waals surface area (Å²) < 4.78 is 0. The van der Waals surface area contributed by atoms with Crippen molar-refractivity contribution in [2.75, 3.05) is 23.3 Å². The summed E-state index contributed by atoms with van der Waals surface area (Å²) in [6.07, 6.45) is 2.62. The van der Waals surface area contributed by atoms with Gasteiger partial charge in [-0.1, -0.05) is 0 Å². The molecule has 3 nitrogen and oxygen atoms in total. The number of rotatable bonds is 4. The smallest absolute Gasteiger partial charge is 0.0402 e. The standard InChI is InChI=1S/C20H27N3/c1-14-9-19(23-7-5-6-8-23)12-20(17(14)4)21-13-18-10-15(2)22-16(3)11-18/h9-12,21H,5-8,13H2,1-4H3. The normalized spacial score (nSPS) is 14.3. The first-order valence-electron chi connectivity index (χ1n) is 8.57. The van der Waals surface area contributed by atoms with Crippen molar-refractivity contribution in [1.29, 1.82) is 0 Å². The van der Waals surface area contributed by atoms with Crippen LogP contribution in [-0.2, 0) is 6.54 Å². The third-order valence-corrected chi connectivity index (χ3v) is 4.75. The predicted octanol–water partition coefficient (Wildman–Crippen LogP) is 4.53. The van der Waals surface area contributed by atoms with Crippen LogP contribution in [0.4, 0.5) is 11.4 Å². The van der Waals surface area contributed by atoms with E-state index in [-0.39, 0.29) is 0 Å². The third kappa shape index (κ3) is 3.66. The highest BCUT2D eigenvalue weighted by atomic mass is 15.1. The number of benzene rings is 1. The predicted molar refractivity (Wildman–Crippen MR) is 98.4 cm³/mol. The maximum atomic E-state index is 4.45. The first kappa shape index (κ1) is 15.9. The van der Waals surface area contributed by atoms with Gasteiger partial charge in [0.2, 0.25) is 0 Å². The zero-order chi connectivity index (χ0) is 16.4. The topological polar surface area (TPSA) is 28.2 Å². The van der Waals surface area contributed by atoms with Gasteiger partial charge in [0.15, 0.2) is 0 Å². The van der Waals surface area contributed by atoms with E-state index in [0.717, 1.165) is 17.9 Å². The van der Waals surface area contributed by atoms with Gasteiger partial charge in [0.1, 0.15) is 0 Å². The fourth-order valence-electron chi connectivity index (χ4n) is 3.40. The summed E-state index contributed by atoms with van der Waals surface area (Å²) in [4.78, 5) is 6.95. The number of anilines is 2. The molecule has 0 amide bonds. The molecule has 2 heterocycles. The Kier molecular flexibility index (Phi) is 4.56. The second-order valence-corrected chi connectivity index (χ2v) is 6.74. The van der Waals surface area contributed by atoms with Crippen molar-refractivity contribution in [1.82, 2.24) is 4.98 Å². The van der Waals surface area contributed by atoms with Gasteiger partial charge >= 0.3 is 0 Å². The molecular weight excluding hydrogens is 282 g/mol. The lowest BCUT2D eigenvalue weighted by Gasteiger charge is -2.21. The molecule has 0 unspecified atom stereocenters. The molecule has 0 aliphatic carbocycles. The van der Waals surface area contributed by atoms with Gasteiger partial charge in [-0.2, -0.15) is 0 Å². The van der Waals surface area contributed by atoms with Gasteiger partial charge in [-0.15, -0.1) is 0 Å². The highest BCUT2D eigenvalue weighted by Gasteiger charge is 2.14. The fourth-order valence-corrected chi connectivity index (χ4v) is 3.40. The maximum absolute atomic E-state index is 4.45. The van der Waals surface area contributed by atoms with Crippen molar-refractivity contribution < 1.29 is 0 Å². The molecule has 1 aromatic heterocycles. The van der Waals surface area contributed by atoms with Crippen LogP contribution in [0.1, 0.15) is 40.9 Å². The number of aromatic nitrogens is 1. The second-order valence-electron chi connectivity index (χ2n) is 6.74. The minimum Gasteiger partial charge on any atom is -0.381 e. The Morgan fingerprint density at radius 1 is 0.957 bits per heavy atom. The molecule has 0 radical (unpaired) electrons. The Morgan fingerprint density at radius 3 is 2.26 bits per heavy atom. The van der Waals surface area contributed by atoms with Crippen LogP contribution >= 0.6 is 0 Å². The van der Waals surface area contributed by atoms with Crippen molar-refractivity contribution in [3.05, 3.63) is 52.3 Å². The summed E-state index contributed by atoms with van der Waals surface area (Å²) in [7, 11) is 0. The van der Waals surface area contributed by atoms with E-state index in [0.29, 0.717) is 0 Å². The first-order chi connectivity index (χ1) is 11.0. The lowest BCUT2D eigenvalue weighted by atomic mass is 10.1. The summed E-state index contributed by atoms with van der Waals surface area (Å²) in [5.74, 6) is 0. The quantitative estimate of drug-likeness (QED) is 0.899. The molecular formula is C20H27N3. The molecule has 1 N–H and O–H groups in total. The Morgan fingerprint density at radius 2 is 1.61 bits per heavy atom. The highest BCUT2D eigenvalue weighted by molar-refractivity contribution is 5.65. The molecule has 0 atom stereocenters. The van der Waals surface area contributed by atoms with Crippen LogP contribution in [0.15, 0.2) is 24.3 Å². The number of hydrogen-bond acceptors (Lipinski definition) is 3. The van der Waals surface area contributed by atoms with Crippen molar-refractivity contribution in [2.24, 2.45) is 0 Å². The molecule has 1 aliphatic heterocycles. The Labute approximate surface area is 139 Å². The number of nitrogens with zero attached hydrogens (tertiary/aromatic N) is 2. The van der Waals surface area contributed by atoms with Crippen molar-refractivity contribution in [3.63, 3.8) is 0 Å². The van der Waals surface area contributed by atoms with Gasteiger partial charge in [-0.3, -0.25) is 4.98 Å². The molecule has 3 heteroatoms. The molecule has 122 valence electrons. The Hall–Kier alpha value is -2.03. The summed E-state index contributed by atoms with van der Waals surface area (Å²) in [6.45, 7) is 11.7. The minimum atomic E-state index is 0.841. The zero-order valence-corrected chi connectivity index (χ0v) is 14.7. The van der Waals surface area contributed by atoms with Crippen LogP contribution in [0.25, 0.3) is 0 Å². The van der Waals surface area contributed by atoms with Gasteiger partial charge in [-0.05, 0) is 81.5 Å². The largest absolute Gasteiger partial charge is 0.381 e. The van der Waals surface area contributed by atoms with E-state index in [2.05, 4.69) is 67.2 Å². The van der Waals surface area contributed by atoms with Crippen LogP contribution in [0.2, 0.25) is 0 Å². The van der Waals surface area contributed by atoms with Crippen LogP contribution in [0, 0.1) is 27.7 Å². The minimum absolute atomic E-state index is 0.841. The van der Waals surface area contributed by atoms with Gasteiger partial charge in [0.25, 0.3) is 0 Å². The van der Waals surface area contributed by atoms with E-state index < -0.39 is 0 Å². The number of nitrogens with one attached hydrogen (secondary N) is 1. The molecule has 1 aliphatic rings. The van der Waals surface area contributed by atoms with Crippen molar-refractivity contribution in [3.8, 4) is 0 Å². The fraction of sp³-hybridized carbons (Fsp3) is 0.450. The first-order valence-corrected chi connectivity index (χ1v) is 8.57. The molecule has 1 aromatic carbocycles. The van der Waals surface area contributed by atoms with Gasteiger partial charge < -0.3 is 10.2 Å². The second kappa shape index (κ2) is 6.61. The van der Waals surface area contributed by atoms with E-state index in [4.69, 9.17) is 0 Å². The molecule has 1 fully saturated rings. The number of aryl methyl sites for hydroxylation is 3. The molecule has 0 saturated carbocycles. The molecule has 1 saturated heterocycles. The van der Waals surface area contributed by atoms with Crippen LogP contribution < -0.4 is 10.2 Å². The zero-order valence-electron chi connectivity index (χ0n) is 14.7. The number of hydrogen-bond donors (Lipinski definition) is 1. The lowest BCUT2D eigenvalue weighted by molar-refractivity contribution is 0.949. The Balaban J connectivity index is 1.81. The van der Waals surface area contributed by atoms with Gasteiger partial charge in [-0.25, -0.2) is 0 Å². The SMILES string of the molecule is Cc1cc(CNc2cc(N3CCCC3)cc(C)c2C)cc(C)n1. The van der Waals surface area contributed by atoms with Crippen LogP contribution in [0.3, 0.4) is 0 Å². The third-order valence-electron chi connectivity index (χ3n) is 4.75. The molecule has 0 spiro atoms. The van der Waals surface area contributed by atoms with Crippen molar-refractivity contribution >= 4 is 11.4 Å². The molecule has 23 heavy (non-hydrogen) atoms. The Bertz CT molecular complexity index is 680. The van der Waals surface area contributed by atoms with Gasteiger partial charge in [0.05, 0.1) is 0 Å². The summed E-state index contributed by atoms with van der Waals surface area (Å²) >= 11 is 0. The average molecular weight is 309 g/mol.